The molecule has 1 saturated carbocycles. The fraction of sp³-hybridized carbons (Fsp3) is 0.538. The predicted molar refractivity (Wildman–Crippen MR) is 70.7 cm³/mol. The molecule has 0 spiro atoms. The summed E-state index contributed by atoms with van der Waals surface area (Å²) in [5.74, 6) is 1.29. The summed E-state index contributed by atoms with van der Waals surface area (Å²) in [7, 11) is 3.78. The van der Waals surface area contributed by atoms with Crippen LogP contribution in [0, 0.1) is 5.92 Å². The van der Waals surface area contributed by atoms with Gasteiger partial charge in [-0.15, -0.1) is 0 Å². The molecule has 18 heavy (non-hydrogen) atoms. The van der Waals surface area contributed by atoms with Gasteiger partial charge in [0.15, 0.2) is 5.82 Å². The normalized spacial score (nSPS) is 14.3. The van der Waals surface area contributed by atoms with E-state index in [4.69, 9.17) is 4.74 Å². The number of carbonyl (C=O) groups is 1. The van der Waals surface area contributed by atoms with E-state index in [1.807, 2.05) is 25.1 Å². The Balaban J connectivity index is 1.85. The smallest absolute Gasteiger partial charge is 0.250 e. The van der Waals surface area contributed by atoms with Gasteiger partial charge in [0.25, 0.3) is 0 Å². The van der Waals surface area contributed by atoms with Crippen molar-refractivity contribution in [3.63, 3.8) is 0 Å². The highest BCUT2D eigenvalue weighted by molar-refractivity contribution is 5.94. The summed E-state index contributed by atoms with van der Waals surface area (Å²) in [6.07, 6.45) is 4.17. The third-order valence-corrected chi connectivity index (χ3v) is 2.77. The Morgan fingerprint density at radius 1 is 1.56 bits per heavy atom. The third kappa shape index (κ3) is 3.70. The van der Waals surface area contributed by atoms with Gasteiger partial charge in [0.05, 0.1) is 12.3 Å². The molecule has 0 saturated heterocycles. The lowest BCUT2D eigenvalue weighted by Crippen LogP contribution is -2.21. The Morgan fingerprint density at radius 2 is 2.33 bits per heavy atom. The standard InChI is InChI=1S/C13H19N3O2/c1-16(2)13-11(4-3-7-14-13)15-12(17)9-18-8-10-5-6-10/h3-4,7,10H,5-6,8-9H2,1-2H3,(H,15,17). The SMILES string of the molecule is CN(C)c1ncccc1NC(=O)COCC1CC1. The van der Waals surface area contributed by atoms with Crippen LogP contribution in [0.5, 0.6) is 0 Å². The van der Waals surface area contributed by atoms with Gasteiger partial charge in [-0.25, -0.2) is 4.98 Å². The van der Waals surface area contributed by atoms with Crippen molar-refractivity contribution in [1.82, 2.24) is 4.98 Å². The molecule has 2 rings (SSSR count). The molecule has 1 heterocycles. The second-order valence-electron chi connectivity index (χ2n) is 4.78. The molecular weight excluding hydrogens is 230 g/mol. The molecule has 1 N–H and O–H groups in total. The zero-order valence-electron chi connectivity index (χ0n) is 10.8. The second kappa shape index (κ2) is 5.82. The highest BCUT2D eigenvalue weighted by Gasteiger charge is 2.21. The van der Waals surface area contributed by atoms with Crippen LogP contribution in [0.2, 0.25) is 0 Å². The van der Waals surface area contributed by atoms with Crippen LogP contribution in [0.15, 0.2) is 18.3 Å². The summed E-state index contributed by atoms with van der Waals surface area (Å²) in [6.45, 7) is 0.805. The van der Waals surface area contributed by atoms with Crippen LogP contribution in [0.1, 0.15) is 12.8 Å². The highest BCUT2D eigenvalue weighted by atomic mass is 16.5. The first-order chi connectivity index (χ1) is 8.66. The van der Waals surface area contributed by atoms with E-state index in [0.29, 0.717) is 18.2 Å². The fourth-order valence-electron chi connectivity index (χ4n) is 1.64. The molecule has 1 amide bonds. The average Bonchev–Trinajstić information content (AvgIpc) is 3.13. The molecule has 1 aliphatic carbocycles. The van der Waals surface area contributed by atoms with E-state index in [1.54, 1.807) is 12.3 Å². The summed E-state index contributed by atoms with van der Waals surface area (Å²) in [6, 6.07) is 3.63. The number of carbonyl (C=O) groups excluding carboxylic acids is 1. The van der Waals surface area contributed by atoms with Crippen molar-refractivity contribution in [1.29, 1.82) is 0 Å². The van der Waals surface area contributed by atoms with Crippen LogP contribution in [0.3, 0.4) is 0 Å². The van der Waals surface area contributed by atoms with Crippen molar-refractivity contribution in [2.45, 2.75) is 12.8 Å². The number of rotatable bonds is 6. The number of hydrogen-bond donors (Lipinski definition) is 1. The zero-order valence-corrected chi connectivity index (χ0v) is 10.8. The Kier molecular flexibility index (Phi) is 4.15. The number of nitrogens with one attached hydrogen (secondary N) is 1. The molecule has 0 aromatic carbocycles. The van der Waals surface area contributed by atoms with E-state index in [-0.39, 0.29) is 12.5 Å². The molecule has 1 aromatic heterocycles. The molecule has 0 aliphatic heterocycles. The van der Waals surface area contributed by atoms with Gasteiger partial charge in [-0.2, -0.15) is 0 Å². The average molecular weight is 249 g/mol. The van der Waals surface area contributed by atoms with Crippen LogP contribution in [-0.4, -0.2) is 38.2 Å². The number of anilines is 2. The molecule has 1 aromatic rings. The summed E-state index contributed by atoms with van der Waals surface area (Å²) >= 11 is 0. The van der Waals surface area contributed by atoms with Crippen LogP contribution < -0.4 is 10.2 Å². The molecular formula is C13H19N3O2. The molecule has 0 atom stereocenters. The van der Waals surface area contributed by atoms with Gasteiger partial charge >= 0.3 is 0 Å². The lowest BCUT2D eigenvalue weighted by molar-refractivity contribution is -0.120. The fourth-order valence-corrected chi connectivity index (χ4v) is 1.64. The van der Waals surface area contributed by atoms with Gasteiger partial charge < -0.3 is 15.0 Å². The van der Waals surface area contributed by atoms with E-state index in [9.17, 15) is 4.79 Å². The first-order valence-electron chi connectivity index (χ1n) is 6.16. The van der Waals surface area contributed by atoms with E-state index in [2.05, 4.69) is 10.3 Å². The van der Waals surface area contributed by atoms with Crippen molar-refractivity contribution in [3.8, 4) is 0 Å². The van der Waals surface area contributed by atoms with Gasteiger partial charge in [0.2, 0.25) is 5.91 Å². The van der Waals surface area contributed by atoms with Crippen LogP contribution >= 0.6 is 0 Å². The van der Waals surface area contributed by atoms with Gasteiger partial charge in [-0.3, -0.25) is 4.79 Å². The maximum Gasteiger partial charge on any atom is 0.250 e. The molecule has 5 heteroatoms. The van der Waals surface area contributed by atoms with Crippen molar-refractivity contribution >= 4 is 17.4 Å². The van der Waals surface area contributed by atoms with Gasteiger partial charge in [0, 0.05) is 20.3 Å². The number of pyridine rings is 1. The quantitative estimate of drug-likeness (QED) is 0.830. The molecule has 1 fully saturated rings. The van der Waals surface area contributed by atoms with Crippen LogP contribution in [-0.2, 0) is 9.53 Å². The minimum atomic E-state index is -0.133. The first kappa shape index (κ1) is 12.8. The minimum absolute atomic E-state index is 0.109. The van der Waals surface area contributed by atoms with Gasteiger partial charge in [0.1, 0.15) is 6.61 Å². The van der Waals surface area contributed by atoms with Crippen molar-refractivity contribution in [2.75, 3.05) is 37.5 Å². The third-order valence-electron chi connectivity index (χ3n) is 2.77. The summed E-state index contributed by atoms with van der Waals surface area (Å²) in [5, 5.41) is 2.82. The second-order valence-corrected chi connectivity index (χ2v) is 4.78. The predicted octanol–water partition coefficient (Wildman–Crippen LogP) is 1.51. The number of hydrogen-bond acceptors (Lipinski definition) is 4. The molecule has 5 nitrogen and oxygen atoms in total. The number of nitrogens with zero attached hydrogens (tertiary/aromatic N) is 2. The molecule has 0 bridgehead atoms. The van der Waals surface area contributed by atoms with Crippen molar-refractivity contribution in [2.24, 2.45) is 5.92 Å². The largest absolute Gasteiger partial charge is 0.371 e. The maximum absolute atomic E-state index is 11.7. The zero-order chi connectivity index (χ0) is 13.0. The summed E-state index contributed by atoms with van der Waals surface area (Å²) in [4.78, 5) is 17.8. The molecule has 1 aliphatic rings. The lowest BCUT2D eigenvalue weighted by atomic mass is 10.3. The van der Waals surface area contributed by atoms with Crippen molar-refractivity contribution in [3.05, 3.63) is 18.3 Å². The van der Waals surface area contributed by atoms with Crippen molar-refractivity contribution < 1.29 is 9.53 Å². The molecule has 0 unspecified atom stereocenters. The minimum Gasteiger partial charge on any atom is -0.371 e. The van der Waals surface area contributed by atoms with E-state index >= 15 is 0 Å². The summed E-state index contributed by atoms with van der Waals surface area (Å²) in [5.41, 5.74) is 0.711. The Labute approximate surface area is 107 Å². The summed E-state index contributed by atoms with van der Waals surface area (Å²) < 4.78 is 5.35. The number of amides is 1. The van der Waals surface area contributed by atoms with Gasteiger partial charge in [-0.05, 0) is 30.9 Å². The van der Waals surface area contributed by atoms with E-state index in [0.717, 1.165) is 5.82 Å². The number of ether oxygens (including phenoxy) is 1. The Hall–Kier alpha value is -1.62. The lowest BCUT2D eigenvalue weighted by Gasteiger charge is -2.16. The Bertz CT molecular complexity index is 416. The van der Waals surface area contributed by atoms with Crippen LogP contribution in [0.25, 0.3) is 0 Å². The van der Waals surface area contributed by atoms with E-state index in [1.165, 1.54) is 12.8 Å². The molecule has 0 radical (unpaired) electrons. The van der Waals surface area contributed by atoms with Gasteiger partial charge in [-0.1, -0.05) is 0 Å². The number of aromatic nitrogens is 1. The topological polar surface area (TPSA) is 54.5 Å². The Morgan fingerprint density at radius 3 is 3.00 bits per heavy atom. The first-order valence-corrected chi connectivity index (χ1v) is 6.16. The highest BCUT2D eigenvalue weighted by Crippen LogP contribution is 2.28. The maximum atomic E-state index is 11.7. The molecule has 98 valence electrons. The monoisotopic (exact) mass is 249 g/mol. The van der Waals surface area contributed by atoms with Crippen LogP contribution in [0.4, 0.5) is 11.5 Å². The van der Waals surface area contributed by atoms with E-state index < -0.39 is 0 Å².